The van der Waals surface area contributed by atoms with Gasteiger partial charge < -0.3 is 5.32 Å². The minimum atomic E-state index is -0.855. The molecule has 1 aromatic rings. The third-order valence-corrected chi connectivity index (χ3v) is 5.28. The molecule has 0 unspecified atom stereocenters. The van der Waals surface area contributed by atoms with E-state index < -0.39 is 6.02 Å². The third kappa shape index (κ3) is 1.89. The van der Waals surface area contributed by atoms with Crippen molar-refractivity contribution in [2.75, 3.05) is 5.32 Å². The van der Waals surface area contributed by atoms with Crippen LogP contribution in [0.5, 0.6) is 0 Å². The molecule has 0 atom stereocenters. The molecule has 1 aromatic carbocycles. The molecule has 1 N–H and O–H groups in total. The summed E-state index contributed by atoms with van der Waals surface area (Å²) >= 11 is 3.13. The quantitative estimate of drug-likeness (QED) is 0.836. The van der Waals surface area contributed by atoms with Crippen LogP contribution in [0.3, 0.4) is 0 Å². The van der Waals surface area contributed by atoms with E-state index in [9.17, 15) is 0 Å². The maximum absolute atomic E-state index is 9.06. The molecule has 4 bridgehead atoms. The fraction of sp³-hybridized carbons (Fsp3) is 0.625. The minimum Gasteiger partial charge on any atom is -0.382 e. The molecule has 0 saturated heterocycles. The smallest absolute Gasteiger partial charge is 0.0645 e. The number of hydrogen-bond acceptors (Lipinski definition) is 1. The maximum Gasteiger partial charge on any atom is 0.0645 e. The van der Waals surface area contributed by atoms with Crippen LogP contribution in [0.25, 0.3) is 0 Å². The molecule has 0 aliphatic heterocycles. The molecule has 4 aliphatic rings. The standard InChI is InChI=1S/C16H20BrN/c17-14-1-3-15(4-2-14)18-16-12-6-10-5-11(8-12)9-13(16)7-10/h1-4,10-13,16,18H,5-9H2/i1D,2D,3D,4D,16D. The van der Waals surface area contributed by atoms with Crippen molar-refractivity contribution in [1.82, 2.24) is 0 Å². The zero-order chi connectivity index (χ0) is 16.5. The van der Waals surface area contributed by atoms with Gasteiger partial charge in [-0.25, -0.2) is 0 Å². The van der Waals surface area contributed by atoms with Crippen molar-refractivity contribution in [2.45, 2.75) is 38.1 Å². The van der Waals surface area contributed by atoms with E-state index in [4.69, 9.17) is 6.85 Å². The predicted molar refractivity (Wildman–Crippen MR) is 78.6 cm³/mol. The summed E-state index contributed by atoms with van der Waals surface area (Å²) in [5, 5.41) is 3.18. The van der Waals surface area contributed by atoms with Crippen molar-refractivity contribution >= 4 is 21.6 Å². The van der Waals surface area contributed by atoms with Crippen LogP contribution >= 0.6 is 15.9 Å². The molecule has 4 saturated carbocycles. The molecular formula is C16H20BrN. The van der Waals surface area contributed by atoms with E-state index in [1.165, 1.54) is 6.42 Å². The second kappa shape index (κ2) is 4.26. The van der Waals surface area contributed by atoms with Crippen molar-refractivity contribution in [2.24, 2.45) is 23.7 Å². The molecule has 96 valence electrons. The van der Waals surface area contributed by atoms with E-state index >= 15 is 0 Å². The molecule has 5 rings (SSSR count). The zero-order valence-electron chi connectivity index (χ0n) is 15.2. The first-order valence-electron chi connectivity index (χ1n) is 9.35. The van der Waals surface area contributed by atoms with Crippen LogP contribution in [-0.2, 0) is 0 Å². The van der Waals surface area contributed by atoms with Gasteiger partial charge in [-0.2, -0.15) is 0 Å². The molecular weight excluding hydrogens is 286 g/mol. The topological polar surface area (TPSA) is 12.0 Å². The molecule has 1 nitrogen and oxygen atoms in total. The van der Waals surface area contributed by atoms with Gasteiger partial charge in [0.2, 0.25) is 0 Å². The number of benzene rings is 1. The predicted octanol–water partition coefficient (Wildman–Crippen LogP) is 4.69. The molecule has 18 heavy (non-hydrogen) atoms. The van der Waals surface area contributed by atoms with Crippen molar-refractivity contribution in [3.05, 3.63) is 28.6 Å². The van der Waals surface area contributed by atoms with Gasteiger partial charge in [0.25, 0.3) is 0 Å². The highest BCUT2D eigenvalue weighted by molar-refractivity contribution is 9.10. The van der Waals surface area contributed by atoms with Crippen LogP contribution < -0.4 is 5.32 Å². The highest BCUT2D eigenvalue weighted by Crippen LogP contribution is 2.54. The van der Waals surface area contributed by atoms with Crippen LogP contribution in [0.1, 0.15) is 39.0 Å². The first kappa shape index (κ1) is 7.33. The minimum absolute atomic E-state index is 0.0825. The first-order valence-corrected chi connectivity index (χ1v) is 7.64. The third-order valence-electron chi connectivity index (χ3n) is 4.88. The average molecular weight is 311 g/mol. The number of anilines is 1. The van der Waals surface area contributed by atoms with Gasteiger partial charge in [0, 0.05) is 16.2 Å². The number of rotatable bonds is 2. The molecule has 0 heterocycles. The van der Waals surface area contributed by atoms with Crippen molar-refractivity contribution < 1.29 is 6.85 Å². The lowest BCUT2D eigenvalue weighted by Gasteiger charge is -2.54. The van der Waals surface area contributed by atoms with E-state index in [-0.39, 0.29) is 46.2 Å². The largest absolute Gasteiger partial charge is 0.382 e. The Balaban J connectivity index is 1.74. The van der Waals surface area contributed by atoms with Crippen LogP contribution in [-0.4, -0.2) is 6.02 Å². The second-order valence-electron chi connectivity index (χ2n) is 6.07. The average Bonchev–Trinajstić information content (AvgIpc) is 2.52. The molecule has 0 spiro atoms. The monoisotopic (exact) mass is 310 g/mol. The van der Waals surface area contributed by atoms with Gasteiger partial charge in [-0.3, -0.25) is 0 Å². The van der Waals surface area contributed by atoms with Gasteiger partial charge in [-0.05, 0) is 79.9 Å². The Morgan fingerprint density at radius 2 is 1.56 bits per heavy atom. The Morgan fingerprint density at radius 1 is 1.00 bits per heavy atom. The van der Waals surface area contributed by atoms with Gasteiger partial charge in [0.15, 0.2) is 0 Å². The van der Waals surface area contributed by atoms with Crippen LogP contribution in [0.2, 0.25) is 0 Å². The molecule has 0 aromatic heterocycles. The fourth-order valence-electron chi connectivity index (χ4n) is 4.40. The van der Waals surface area contributed by atoms with Gasteiger partial charge in [0.1, 0.15) is 0 Å². The lowest BCUT2D eigenvalue weighted by atomic mass is 9.54. The van der Waals surface area contributed by atoms with E-state index in [1.807, 2.05) is 0 Å². The zero-order valence-corrected chi connectivity index (χ0v) is 11.8. The molecule has 0 radical (unpaired) electrons. The molecule has 0 amide bonds. The Morgan fingerprint density at radius 3 is 2.11 bits per heavy atom. The Labute approximate surface area is 125 Å². The van der Waals surface area contributed by atoms with E-state index in [0.717, 1.165) is 37.5 Å². The number of halogens is 1. The van der Waals surface area contributed by atoms with E-state index in [1.54, 1.807) is 0 Å². The Hall–Kier alpha value is -0.500. The van der Waals surface area contributed by atoms with E-state index in [0.29, 0.717) is 0 Å². The molecule has 4 fully saturated rings. The summed E-state index contributed by atoms with van der Waals surface area (Å²) in [4.78, 5) is 0. The lowest BCUT2D eigenvalue weighted by Crippen LogP contribution is -2.51. The summed E-state index contributed by atoms with van der Waals surface area (Å²) in [5.74, 6) is 1.99. The highest BCUT2D eigenvalue weighted by Gasteiger charge is 2.48. The summed E-state index contributed by atoms with van der Waals surface area (Å²) in [6, 6.07) is -1.19. The fourth-order valence-corrected chi connectivity index (χ4v) is 4.60. The van der Waals surface area contributed by atoms with Crippen LogP contribution in [0, 0.1) is 23.7 Å². The van der Waals surface area contributed by atoms with Crippen molar-refractivity contribution in [3.63, 3.8) is 0 Å². The summed E-state index contributed by atoms with van der Waals surface area (Å²) in [7, 11) is 0. The van der Waals surface area contributed by atoms with Crippen LogP contribution in [0.15, 0.2) is 28.6 Å². The molecule has 2 heteroatoms. The summed E-state index contributed by atoms with van der Waals surface area (Å²) in [5.41, 5.74) is 0.186. The van der Waals surface area contributed by atoms with Gasteiger partial charge >= 0.3 is 0 Å². The van der Waals surface area contributed by atoms with E-state index in [2.05, 4.69) is 21.2 Å². The first-order chi connectivity index (χ1) is 10.8. The SMILES string of the molecule is [2H]c1c([2H])c(NC2([2H])C3CC4CC(C3)CC2C4)c([2H])c([2H])c1Br. The normalized spacial score (nSPS) is 49.1. The lowest BCUT2D eigenvalue weighted by molar-refractivity contribution is 0.00754. The van der Waals surface area contributed by atoms with Gasteiger partial charge in [-0.15, -0.1) is 0 Å². The highest BCUT2D eigenvalue weighted by atomic mass is 79.9. The number of hydrogen-bond donors (Lipinski definition) is 1. The van der Waals surface area contributed by atoms with Crippen molar-refractivity contribution in [1.29, 1.82) is 0 Å². The summed E-state index contributed by atoms with van der Waals surface area (Å²) < 4.78 is 41.5. The Bertz CT molecular complexity index is 620. The summed E-state index contributed by atoms with van der Waals surface area (Å²) in [6.07, 6.45) is 5.54. The Kier molecular flexibility index (Phi) is 1.73. The summed E-state index contributed by atoms with van der Waals surface area (Å²) in [6.45, 7) is 0. The van der Waals surface area contributed by atoms with Gasteiger partial charge in [-0.1, -0.05) is 15.9 Å². The van der Waals surface area contributed by atoms with Crippen molar-refractivity contribution in [3.8, 4) is 0 Å². The van der Waals surface area contributed by atoms with Gasteiger partial charge in [0.05, 0.1) is 6.85 Å². The second-order valence-corrected chi connectivity index (χ2v) is 6.87. The maximum atomic E-state index is 9.06. The van der Waals surface area contributed by atoms with Crippen LogP contribution in [0.4, 0.5) is 5.69 Å². The molecule has 4 aliphatic carbocycles. The number of nitrogens with one attached hydrogen (secondary N) is 1.